The second kappa shape index (κ2) is 7.21. The fraction of sp³-hybridized carbons (Fsp3) is 0.450. The second-order valence-electron chi connectivity index (χ2n) is 6.60. The average Bonchev–Trinajstić information content (AvgIpc) is 2.56. The van der Waals surface area contributed by atoms with Crippen molar-refractivity contribution in [2.45, 2.75) is 26.8 Å². The Bertz CT molecular complexity index is 824. The van der Waals surface area contributed by atoms with E-state index in [0.29, 0.717) is 5.58 Å². The lowest BCUT2D eigenvalue weighted by Crippen LogP contribution is -2.46. The first-order chi connectivity index (χ1) is 11.6. The van der Waals surface area contributed by atoms with Gasteiger partial charge in [-0.05, 0) is 42.7 Å². The van der Waals surface area contributed by atoms with Gasteiger partial charge in [-0.2, -0.15) is 0 Å². The van der Waals surface area contributed by atoms with Gasteiger partial charge in [-0.15, -0.1) is 12.3 Å². The van der Waals surface area contributed by atoms with Crippen molar-refractivity contribution in [2.24, 2.45) is 0 Å². The minimum absolute atomic E-state index is 0.270. The zero-order valence-electron chi connectivity index (χ0n) is 14.5. The van der Waals surface area contributed by atoms with Crippen molar-refractivity contribution < 1.29 is 4.42 Å². The third kappa shape index (κ3) is 3.69. The summed E-state index contributed by atoms with van der Waals surface area (Å²) in [5.41, 5.74) is 3.84. The molecule has 4 nitrogen and oxygen atoms in total. The minimum Gasteiger partial charge on any atom is -0.423 e. The van der Waals surface area contributed by atoms with Gasteiger partial charge in [-0.25, -0.2) is 4.79 Å². The summed E-state index contributed by atoms with van der Waals surface area (Å²) in [6.45, 7) is 9.94. The molecule has 126 valence electrons. The van der Waals surface area contributed by atoms with Gasteiger partial charge < -0.3 is 4.42 Å². The predicted molar refractivity (Wildman–Crippen MR) is 97.1 cm³/mol. The van der Waals surface area contributed by atoms with Crippen molar-refractivity contribution in [1.29, 1.82) is 0 Å². The van der Waals surface area contributed by atoms with Crippen molar-refractivity contribution in [1.82, 2.24) is 9.80 Å². The molecule has 0 amide bonds. The highest BCUT2D eigenvalue weighted by Gasteiger charge is 2.18. The normalized spacial score (nSPS) is 16.4. The number of hydrogen-bond donors (Lipinski definition) is 0. The van der Waals surface area contributed by atoms with Gasteiger partial charge in [0.05, 0.1) is 0 Å². The van der Waals surface area contributed by atoms with Gasteiger partial charge in [0.25, 0.3) is 0 Å². The summed E-state index contributed by atoms with van der Waals surface area (Å²) in [5, 5.41) is 1.05. The van der Waals surface area contributed by atoms with E-state index in [1.54, 1.807) is 6.07 Å². The molecule has 0 N–H and O–H groups in total. The molecule has 0 unspecified atom stereocenters. The molecule has 3 rings (SSSR count). The van der Waals surface area contributed by atoms with Gasteiger partial charge in [0.1, 0.15) is 5.58 Å². The van der Waals surface area contributed by atoms with Crippen molar-refractivity contribution in [3.05, 3.63) is 45.3 Å². The van der Waals surface area contributed by atoms with Crippen LogP contribution in [0.2, 0.25) is 0 Å². The zero-order valence-corrected chi connectivity index (χ0v) is 14.5. The Morgan fingerprint density at radius 2 is 1.75 bits per heavy atom. The van der Waals surface area contributed by atoms with E-state index < -0.39 is 0 Å². The Hall–Kier alpha value is -2.09. The fourth-order valence-corrected chi connectivity index (χ4v) is 3.25. The third-order valence-electron chi connectivity index (χ3n) is 4.88. The number of piperazine rings is 1. The summed E-state index contributed by atoms with van der Waals surface area (Å²) in [5.74, 6) is 2.70. The Balaban J connectivity index is 1.77. The van der Waals surface area contributed by atoms with Crippen LogP contribution >= 0.6 is 0 Å². The SMILES string of the molecule is C#CCCN1CCN(Cc2cc(=O)oc3cc(C)c(C)cc23)CC1. The van der Waals surface area contributed by atoms with Gasteiger partial charge in [-0.3, -0.25) is 9.80 Å². The topological polar surface area (TPSA) is 36.7 Å². The molecule has 0 bridgehead atoms. The molecule has 0 atom stereocenters. The lowest BCUT2D eigenvalue weighted by molar-refractivity contribution is 0.129. The molecule has 1 aliphatic heterocycles. The van der Waals surface area contributed by atoms with Crippen LogP contribution in [-0.2, 0) is 6.54 Å². The van der Waals surface area contributed by atoms with Crippen LogP contribution in [0, 0.1) is 26.2 Å². The van der Waals surface area contributed by atoms with Crippen LogP contribution in [0.15, 0.2) is 27.4 Å². The van der Waals surface area contributed by atoms with Crippen LogP contribution in [0.1, 0.15) is 23.1 Å². The molecular weight excluding hydrogens is 300 g/mol. The molecule has 1 saturated heterocycles. The van der Waals surface area contributed by atoms with E-state index in [4.69, 9.17) is 10.8 Å². The molecule has 1 aromatic heterocycles. The number of hydrogen-bond acceptors (Lipinski definition) is 4. The monoisotopic (exact) mass is 324 g/mol. The van der Waals surface area contributed by atoms with Crippen LogP contribution in [0.25, 0.3) is 11.0 Å². The molecule has 0 spiro atoms. The maximum atomic E-state index is 11.9. The van der Waals surface area contributed by atoms with Crippen molar-refractivity contribution >= 4 is 11.0 Å². The predicted octanol–water partition coefficient (Wildman–Crippen LogP) is 2.55. The van der Waals surface area contributed by atoms with Gasteiger partial charge in [-0.1, -0.05) is 0 Å². The minimum atomic E-state index is -0.270. The molecule has 2 aromatic rings. The standard InChI is InChI=1S/C20H24N2O2/c1-4-5-6-21-7-9-22(10-8-21)14-17-13-20(23)24-19-12-16(3)15(2)11-18(17)19/h1,11-13H,5-10,14H2,2-3H3. The summed E-state index contributed by atoms with van der Waals surface area (Å²) in [7, 11) is 0. The highest BCUT2D eigenvalue weighted by molar-refractivity contribution is 5.81. The smallest absolute Gasteiger partial charge is 0.336 e. The first kappa shape index (κ1) is 16.8. The Morgan fingerprint density at radius 3 is 2.46 bits per heavy atom. The molecule has 24 heavy (non-hydrogen) atoms. The van der Waals surface area contributed by atoms with Crippen LogP contribution in [0.5, 0.6) is 0 Å². The molecule has 0 radical (unpaired) electrons. The van der Waals surface area contributed by atoms with E-state index in [1.165, 1.54) is 5.56 Å². The van der Waals surface area contributed by atoms with Crippen LogP contribution in [-0.4, -0.2) is 42.5 Å². The van der Waals surface area contributed by atoms with Crippen molar-refractivity contribution in [3.8, 4) is 12.3 Å². The molecule has 1 aromatic carbocycles. The Kier molecular flexibility index (Phi) is 5.03. The van der Waals surface area contributed by atoms with E-state index in [-0.39, 0.29) is 5.63 Å². The maximum absolute atomic E-state index is 11.9. The highest BCUT2D eigenvalue weighted by atomic mass is 16.4. The average molecular weight is 324 g/mol. The second-order valence-corrected chi connectivity index (χ2v) is 6.60. The number of rotatable bonds is 4. The van der Waals surface area contributed by atoms with Crippen LogP contribution in [0.3, 0.4) is 0 Å². The molecule has 1 fully saturated rings. The van der Waals surface area contributed by atoms with E-state index in [9.17, 15) is 4.79 Å². The van der Waals surface area contributed by atoms with Crippen molar-refractivity contribution in [2.75, 3.05) is 32.7 Å². The number of benzene rings is 1. The van der Waals surface area contributed by atoms with E-state index in [1.807, 2.05) is 13.0 Å². The first-order valence-corrected chi connectivity index (χ1v) is 8.49. The first-order valence-electron chi connectivity index (χ1n) is 8.49. The van der Waals surface area contributed by atoms with Crippen LogP contribution in [0.4, 0.5) is 0 Å². The van der Waals surface area contributed by atoms with E-state index in [2.05, 4.69) is 28.7 Å². The van der Waals surface area contributed by atoms with Crippen molar-refractivity contribution in [3.63, 3.8) is 0 Å². The summed E-state index contributed by atoms with van der Waals surface area (Å²) >= 11 is 0. The Labute approximate surface area is 143 Å². The maximum Gasteiger partial charge on any atom is 0.336 e. The summed E-state index contributed by atoms with van der Waals surface area (Å²) < 4.78 is 5.39. The highest BCUT2D eigenvalue weighted by Crippen LogP contribution is 2.23. The summed E-state index contributed by atoms with van der Waals surface area (Å²) in [6.07, 6.45) is 6.15. The zero-order chi connectivity index (χ0) is 17.1. The summed E-state index contributed by atoms with van der Waals surface area (Å²) in [6, 6.07) is 5.74. The van der Waals surface area contributed by atoms with Gasteiger partial charge >= 0.3 is 5.63 Å². The molecule has 1 aliphatic rings. The van der Waals surface area contributed by atoms with Crippen LogP contribution < -0.4 is 5.63 Å². The lowest BCUT2D eigenvalue weighted by atomic mass is 10.0. The lowest BCUT2D eigenvalue weighted by Gasteiger charge is -2.34. The summed E-state index contributed by atoms with van der Waals surface area (Å²) in [4.78, 5) is 16.7. The molecule has 2 heterocycles. The number of aryl methyl sites for hydroxylation is 2. The third-order valence-corrected chi connectivity index (χ3v) is 4.88. The van der Waals surface area contributed by atoms with E-state index >= 15 is 0 Å². The quantitative estimate of drug-likeness (QED) is 0.640. The molecule has 0 aliphatic carbocycles. The molecule has 4 heteroatoms. The number of fused-ring (bicyclic) bond motifs is 1. The number of terminal acetylenes is 1. The molecule has 0 saturated carbocycles. The van der Waals surface area contributed by atoms with Gasteiger partial charge in [0, 0.05) is 57.1 Å². The fourth-order valence-electron chi connectivity index (χ4n) is 3.25. The number of nitrogens with zero attached hydrogens (tertiary/aromatic N) is 2. The Morgan fingerprint density at radius 1 is 1.08 bits per heavy atom. The largest absolute Gasteiger partial charge is 0.423 e. The van der Waals surface area contributed by atoms with Gasteiger partial charge in [0.15, 0.2) is 0 Å². The van der Waals surface area contributed by atoms with E-state index in [0.717, 1.165) is 62.2 Å². The van der Waals surface area contributed by atoms with Gasteiger partial charge in [0.2, 0.25) is 0 Å². The molecular formula is C20H24N2O2.